The van der Waals surface area contributed by atoms with Gasteiger partial charge < -0.3 is 20.3 Å². The number of carbonyl (C=O) groups excluding carboxylic acids is 2. The first-order valence-corrected chi connectivity index (χ1v) is 9.85. The fourth-order valence-electron chi connectivity index (χ4n) is 3.38. The van der Waals surface area contributed by atoms with E-state index in [1.54, 1.807) is 17.9 Å². The summed E-state index contributed by atoms with van der Waals surface area (Å²) in [6.07, 6.45) is 2.69. The van der Waals surface area contributed by atoms with Crippen LogP contribution in [0.1, 0.15) is 41.4 Å². The highest BCUT2D eigenvalue weighted by Gasteiger charge is 2.24. The summed E-state index contributed by atoms with van der Waals surface area (Å²) < 4.78 is 5.04. The van der Waals surface area contributed by atoms with Crippen LogP contribution in [0.5, 0.6) is 0 Å². The van der Waals surface area contributed by atoms with Crippen molar-refractivity contribution in [2.75, 3.05) is 30.3 Å². The second kappa shape index (κ2) is 9.36. The lowest BCUT2D eigenvalue weighted by molar-refractivity contribution is 0.0980. The molecule has 2 aromatic rings. The van der Waals surface area contributed by atoms with Crippen LogP contribution >= 0.6 is 0 Å². The largest absolute Gasteiger partial charge is 0.450 e. The molecule has 1 saturated heterocycles. The SMILES string of the molecule is CCOC(=O)N1CCC(Nc2cc(C(=O)Nc3c(C)cccc3C)ncn2)CC1. The predicted molar refractivity (Wildman–Crippen MR) is 111 cm³/mol. The smallest absolute Gasteiger partial charge is 0.409 e. The highest BCUT2D eigenvalue weighted by molar-refractivity contribution is 6.04. The molecular weight excluding hydrogens is 370 g/mol. The van der Waals surface area contributed by atoms with Crippen molar-refractivity contribution in [2.45, 2.75) is 39.7 Å². The van der Waals surface area contributed by atoms with Crippen molar-refractivity contribution in [1.29, 1.82) is 0 Å². The van der Waals surface area contributed by atoms with Gasteiger partial charge in [0.25, 0.3) is 5.91 Å². The average Bonchev–Trinajstić information content (AvgIpc) is 2.71. The van der Waals surface area contributed by atoms with E-state index in [0.717, 1.165) is 29.7 Å². The van der Waals surface area contributed by atoms with Crippen molar-refractivity contribution >= 4 is 23.5 Å². The quantitative estimate of drug-likeness (QED) is 0.803. The van der Waals surface area contributed by atoms with Crippen LogP contribution in [-0.2, 0) is 4.74 Å². The maximum Gasteiger partial charge on any atom is 0.409 e. The minimum Gasteiger partial charge on any atom is -0.450 e. The number of ether oxygens (including phenoxy) is 1. The molecule has 0 spiro atoms. The lowest BCUT2D eigenvalue weighted by Gasteiger charge is -2.31. The minimum atomic E-state index is -0.273. The van der Waals surface area contributed by atoms with E-state index in [0.29, 0.717) is 31.2 Å². The molecule has 0 bridgehead atoms. The van der Waals surface area contributed by atoms with E-state index in [1.165, 1.54) is 6.33 Å². The number of benzene rings is 1. The molecule has 8 nitrogen and oxygen atoms in total. The first-order valence-electron chi connectivity index (χ1n) is 9.85. The number of rotatable bonds is 5. The Hall–Kier alpha value is -3.16. The molecule has 2 heterocycles. The molecular formula is C21H27N5O3. The molecule has 0 aliphatic carbocycles. The Kier molecular flexibility index (Phi) is 6.64. The van der Waals surface area contributed by atoms with Crippen LogP contribution in [-0.4, -0.2) is 52.6 Å². The number of hydrogen-bond acceptors (Lipinski definition) is 6. The van der Waals surface area contributed by atoms with Gasteiger partial charge in [-0.1, -0.05) is 18.2 Å². The van der Waals surface area contributed by atoms with Crippen LogP contribution in [0.2, 0.25) is 0 Å². The van der Waals surface area contributed by atoms with Crippen molar-refractivity contribution in [2.24, 2.45) is 0 Å². The Labute approximate surface area is 170 Å². The van der Waals surface area contributed by atoms with Gasteiger partial charge in [-0.25, -0.2) is 14.8 Å². The number of likely N-dealkylation sites (tertiary alicyclic amines) is 1. The van der Waals surface area contributed by atoms with Crippen LogP contribution < -0.4 is 10.6 Å². The molecule has 8 heteroatoms. The number of carbonyl (C=O) groups is 2. The first-order chi connectivity index (χ1) is 14.0. The highest BCUT2D eigenvalue weighted by Crippen LogP contribution is 2.21. The van der Waals surface area contributed by atoms with Gasteiger partial charge in [0.1, 0.15) is 17.8 Å². The molecule has 0 unspecified atom stereocenters. The Morgan fingerprint density at radius 2 is 1.86 bits per heavy atom. The molecule has 1 aromatic heterocycles. The molecule has 0 saturated carbocycles. The number of nitrogens with one attached hydrogen (secondary N) is 2. The molecule has 1 aliphatic heterocycles. The molecule has 2 N–H and O–H groups in total. The fourth-order valence-corrected chi connectivity index (χ4v) is 3.38. The summed E-state index contributed by atoms with van der Waals surface area (Å²) in [5.74, 6) is 0.325. The molecule has 1 aliphatic rings. The Bertz CT molecular complexity index is 858. The standard InChI is InChI=1S/C21H27N5O3/c1-4-29-21(28)26-10-8-16(9-11-26)24-18-12-17(22-13-23-18)20(27)25-19-14(2)6-5-7-15(19)3/h5-7,12-13,16H,4,8-11H2,1-3H3,(H,25,27)(H,22,23,24). The van der Waals surface area contributed by atoms with Gasteiger partial charge in [0, 0.05) is 30.9 Å². The molecule has 1 fully saturated rings. The zero-order valence-electron chi connectivity index (χ0n) is 17.1. The van der Waals surface area contributed by atoms with Crippen LogP contribution in [0, 0.1) is 13.8 Å². The van der Waals surface area contributed by atoms with Crippen LogP contribution in [0.3, 0.4) is 0 Å². The third-order valence-corrected chi connectivity index (χ3v) is 4.99. The number of amides is 2. The zero-order chi connectivity index (χ0) is 20.8. The van der Waals surface area contributed by atoms with E-state index < -0.39 is 0 Å². The van der Waals surface area contributed by atoms with Crippen molar-refractivity contribution < 1.29 is 14.3 Å². The molecule has 29 heavy (non-hydrogen) atoms. The number of anilines is 2. The van der Waals surface area contributed by atoms with E-state index in [9.17, 15) is 9.59 Å². The number of aromatic nitrogens is 2. The summed E-state index contributed by atoms with van der Waals surface area (Å²) >= 11 is 0. The molecule has 0 radical (unpaired) electrons. The van der Waals surface area contributed by atoms with E-state index in [1.807, 2.05) is 32.0 Å². The molecule has 1 aromatic carbocycles. The Morgan fingerprint density at radius 1 is 1.17 bits per heavy atom. The van der Waals surface area contributed by atoms with Crippen molar-refractivity contribution in [1.82, 2.24) is 14.9 Å². The normalized spacial score (nSPS) is 14.4. The summed E-state index contributed by atoms with van der Waals surface area (Å²) in [4.78, 5) is 34.5. The lowest BCUT2D eigenvalue weighted by atomic mass is 10.1. The van der Waals surface area contributed by atoms with Crippen molar-refractivity contribution in [3.8, 4) is 0 Å². The lowest BCUT2D eigenvalue weighted by Crippen LogP contribution is -2.42. The topological polar surface area (TPSA) is 96.5 Å². The highest BCUT2D eigenvalue weighted by atomic mass is 16.6. The Morgan fingerprint density at radius 3 is 2.52 bits per heavy atom. The summed E-state index contributed by atoms with van der Waals surface area (Å²) in [7, 11) is 0. The third-order valence-electron chi connectivity index (χ3n) is 4.99. The van der Waals surface area contributed by atoms with Crippen molar-refractivity contribution in [3.05, 3.63) is 47.4 Å². The maximum absolute atomic E-state index is 12.7. The predicted octanol–water partition coefficient (Wildman–Crippen LogP) is 3.38. The average molecular weight is 397 g/mol. The van der Waals surface area contributed by atoms with E-state index in [2.05, 4.69) is 20.6 Å². The van der Waals surface area contributed by atoms with Gasteiger partial charge in [0.05, 0.1) is 6.61 Å². The van der Waals surface area contributed by atoms with Crippen LogP contribution in [0.15, 0.2) is 30.6 Å². The van der Waals surface area contributed by atoms with Crippen LogP contribution in [0.25, 0.3) is 0 Å². The van der Waals surface area contributed by atoms with Gasteiger partial charge in [0.15, 0.2) is 0 Å². The zero-order valence-corrected chi connectivity index (χ0v) is 17.1. The summed E-state index contributed by atoms with van der Waals surface area (Å²) in [6, 6.07) is 7.70. The van der Waals surface area contributed by atoms with Gasteiger partial charge in [-0.3, -0.25) is 4.79 Å². The summed E-state index contributed by atoms with van der Waals surface area (Å²) in [6.45, 7) is 7.35. The monoisotopic (exact) mass is 397 g/mol. The number of aryl methyl sites for hydroxylation is 2. The summed E-state index contributed by atoms with van der Waals surface area (Å²) in [5, 5.41) is 6.29. The maximum atomic E-state index is 12.7. The second-order valence-electron chi connectivity index (χ2n) is 7.11. The van der Waals surface area contributed by atoms with Gasteiger partial charge in [-0.15, -0.1) is 0 Å². The van der Waals surface area contributed by atoms with Gasteiger partial charge in [-0.2, -0.15) is 0 Å². The van der Waals surface area contributed by atoms with Crippen molar-refractivity contribution in [3.63, 3.8) is 0 Å². The molecule has 3 rings (SSSR count). The van der Waals surface area contributed by atoms with Gasteiger partial charge in [0.2, 0.25) is 0 Å². The molecule has 154 valence electrons. The third kappa shape index (κ3) is 5.22. The van der Waals surface area contributed by atoms with Gasteiger partial charge >= 0.3 is 6.09 Å². The summed E-state index contributed by atoms with van der Waals surface area (Å²) in [5.41, 5.74) is 3.10. The van der Waals surface area contributed by atoms with E-state index >= 15 is 0 Å². The first kappa shape index (κ1) is 20.6. The fraction of sp³-hybridized carbons (Fsp3) is 0.429. The number of piperidine rings is 1. The van der Waals surface area contributed by atoms with Gasteiger partial charge in [-0.05, 0) is 44.7 Å². The second-order valence-corrected chi connectivity index (χ2v) is 7.11. The van der Waals surface area contributed by atoms with E-state index in [-0.39, 0.29) is 18.0 Å². The Balaban J connectivity index is 1.60. The minimum absolute atomic E-state index is 0.171. The van der Waals surface area contributed by atoms with E-state index in [4.69, 9.17) is 4.74 Å². The number of hydrogen-bond donors (Lipinski definition) is 2. The number of para-hydroxylation sites is 1. The number of nitrogens with zero attached hydrogens (tertiary/aromatic N) is 3. The van der Waals surface area contributed by atoms with Crippen LogP contribution in [0.4, 0.5) is 16.3 Å². The molecule has 2 amide bonds. The molecule has 0 atom stereocenters.